The van der Waals surface area contributed by atoms with Crippen molar-refractivity contribution in [3.63, 3.8) is 0 Å². The molecule has 0 saturated heterocycles. The zero-order valence-corrected chi connectivity index (χ0v) is 44.3. The highest BCUT2D eigenvalue weighted by Crippen LogP contribution is 2.18. The van der Waals surface area contributed by atoms with Crippen LogP contribution in [0.2, 0.25) is 0 Å². The minimum absolute atomic E-state index is 0.0170. The molecule has 0 heterocycles. The topological polar surface area (TPSA) is 95.9 Å². The van der Waals surface area contributed by atoms with Crippen LogP contribution in [0.4, 0.5) is 0 Å². The Morgan fingerprint density at radius 2 is 0.631 bits per heavy atom. The summed E-state index contributed by atoms with van der Waals surface area (Å²) in [5, 5.41) is 23.1. The summed E-state index contributed by atoms with van der Waals surface area (Å²) < 4.78 is 5.50. The number of aliphatic hydroxyl groups is 2. The fraction of sp³-hybridized carbons (Fsp3) is 0.966. The maximum atomic E-state index is 12.4. The molecule has 0 aromatic heterocycles. The first-order chi connectivity index (χ1) is 32.0. The Kier molecular flexibility index (Phi) is 54.5. The Hall–Kier alpha value is -1.14. The normalized spacial score (nSPS) is 12.5. The van der Waals surface area contributed by atoms with E-state index >= 15 is 0 Å². The molecule has 0 aromatic carbocycles. The number of ether oxygens (including phenoxy) is 1. The molecule has 0 radical (unpaired) electrons. The average molecular weight is 921 g/mol. The average Bonchev–Trinajstić information content (AvgIpc) is 3.31. The summed E-state index contributed by atoms with van der Waals surface area (Å²) >= 11 is 0. The van der Waals surface area contributed by atoms with Crippen molar-refractivity contribution in [1.82, 2.24) is 5.32 Å². The van der Waals surface area contributed by atoms with Crippen molar-refractivity contribution in [1.29, 1.82) is 0 Å². The highest BCUT2D eigenvalue weighted by atomic mass is 16.5. The Balaban J connectivity index is 3.32. The molecule has 65 heavy (non-hydrogen) atoms. The monoisotopic (exact) mass is 920 g/mol. The van der Waals surface area contributed by atoms with Gasteiger partial charge in [-0.25, -0.2) is 0 Å². The Bertz CT molecular complexity index is 928. The third-order valence-corrected chi connectivity index (χ3v) is 14.2. The van der Waals surface area contributed by atoms with Crippen molar-refractivity contribution in [2.24, 2.45) is 0 Å². The number of nitrogens with one attached hydrogen (secondary N) is 1. The summed E-state index contributed by atoms with van der Waals surface area (Å²) in [6.07, 6.45) is 64.0. The van der Waals surface area contributed by atoms with Gasteiger partial charge < -0.3 is 20.3 Å². The minimum Gasteiger partial charge on any atom is -0.466 e. The molecule has 0 aliphatic carbocycles. The Labute approximate surface area is 406 Å². The van der Waals surface area contributed by atoms with Gasteiger partial charge in [-0.2, -0.15) is 0 Å². The summed E-state index contributed by atoms with van der Waals surface area (Å²) in [7, 11) is 0. The largest absolute Gasteiger partial charge is 0.466 e. The summed E-state index contributed by atoms with van der Waals surface area (Å²) in [4.78, 5) is 24.5. The molecule has 2 unspecified atom stereocenters. The molecule has 0 rings (SSSR count). The lowest BCUT2D eigenvalue weighted by Gasteiger charge is -2.22. The summed E-state index contributed by atoms with van der Waals surface area (Å²) in [6.45, 7) is 4.96. The van der Waals surface area contributed by atoms with E-state index in [-0.39, 0.29) is 18.5 Å². The molecule has 3 N–H and O–H groups in total. The van der Waals surface area contributed by atoms with Gasteiger partial charge in [-0.3, -0.25) is 9.59 Å². The number of aliphatic hydroxyl groups excluding tert-OH is 2. The SMILES string of the molecule is CCCCCCCCCCCCCCCCCCCCC(=O)OCCCCCCCCCCCCCCCCCCCCCCCC(=O)NC(CO)C(O)CCCCCCCCCCC. The van der Waals surface area contributed by atoms with Crippen LogP contribution in [0, 0.1) is 0 Å². The molecular formula is C59H117NO5. The number of rotatable bonds is 56. The van der Waals surface area contributed by atoms with Crippen LogP contribution in [0.25, 0.3) is 0 Å². The number of hydrogen-bond donors (Lipinski definition) is 3. The number of carbonyl (C=O) groups excluding carboxylic acids is 2. The van der Waals surface area contributed by atoms with Crippen molar-refractivity contribution >= 4 is 11.9 Å². The van der Waals surface area contributed by atoms with Crippen LogP contribution in [-0.4, -0.2) is 47.4 Å². The number of unbranched alkanes of at least 4 members (excludes halogenated alkanes) is 45. The van der Waals surface area contributed by atoms with Crippen LogP contribution in [0.3, 0.4) is 0 Å². The van der Waals surface area contributed by atoms with E-state index in [9.17, 15) is 19.8 Å². The molecular weight excluding hydrogens is 803 g/mol. The van der Waals surface area contributed by atoms with Crippen LogP contribution in [0.15, 0.2) is 0 Å². The minimum atomic E-state index is -0.661. The second-order valence-corrected chi connectivity index (χ2v) is 20.7. The van der Waals surface area contributed by atoms with Gasteiger partial charge in [0.15, 0.2) is 0 Å². The summed E-state index contributed by atoms with van der Waals surface area (Å²) in [5.41, 5.74) is 0. The van der Waals surface area contributed by atoms with Crippen molar-refractivity contribution in [3.05, 3.63) is 0 Å². The standard InChI is InChI=1S/C59H117NO5/c1-3-5-7-9-11-13-14-15-16-17-24-27-30-33-37-41-45-49-53-59(64)65-54-50-46-42-38-34-31-28-25-22-20-18-19-21-23-26-29-32-36-40-44-48-52-58(63)60-56(55-61)57(62)51-47-43-39-35-12-10-8-6-4-2/h56-57,61-62H,3-55H2,1-2H3,(H,60,63). The molecule has 1 amide bonds. The van der Waals surface area contributed by atoms with Crippen LogP contribution in [-0.2, 0) is 14.3 Å². The first-order valence-electron chi connectivity index (χ1n) is 29.8. The van der Waals surface area contributed by atoms with Crippen LogP contribution < -0.4 is 5.32 Å². The van der Waals surface area contributed by atoms with Crippen LogP contribution >= 0.6 is 0 Å². The number of hydrogen-bond acceptors (Lipinski definition) is 5. The van der Waals surface area contributed by atoms with Gasteiger partial charge in [-0.15, -0.1) is 0 Å². The highest BCUT2D eigenvalue weighted by molar-refractivity contribution is 5.76. The lowest BCUT2D eigenvalue weighted by Crippen LogP contribution is -2.45. The molecule has 0 saturated carbocycles. The van der Waals surface area contributed by atoms with Crippen molar-refractivity contribution in [2.45, 2.75) is 353 Å². The molecule has 2 atom stereocenters. The Morgan fingerprint density at radius 3 is 0.938 bits per heavy atom. The van der Waals surface area contributed by atoms with Crippen molar-refractivity contribution < 1.29 is 24.5 Å². The van der Waals surface area contributed by atoms with Gasteiger partial charge in [0.05, 0.1) is 25.4 Å². The number of esters is 1. The van der Waals surface area contributed by atoms with Gasteiger partial charge in [0.25, 0.3) is 0 Å². The Morgan fingerprint density at radius 1 is 0.369 bits per heavy atom. The smallest absolute Gasteiger partial charge is 0.305 e. The molecule has 388 valence electrons. The predicted octanol–water partition coefficient (Wildman–Crippen LogP) is 18.3. The van der Waals surface area contributed by atoms with Crippen molar-refractivity contribution in [2.75, 3.05) is 13.2 Å². The second-order valence-electron chi connectivity index (χ2n) is 20.7. The van der Waals surface area contributed by atoms with Crippen LogP contribution in [0.1, 0.15) is 341 Å². The van der Waals surface area contributed by atoms with Gasteiger partial charge in [-0.1, -0.05) is 303 Å². The number of carbonyl (C=O) groups is 2. The molecule has 0 aliphatic rings. The predicted molar refractivity (Wildman–Crippen MR) is 283 cm³/mol. The van der Waals surface area contributed by atoms with E-state index in [0.29, 0.717) is 25.9 Å². The number of amides is 1. The molecule has 0 fully saturated rings. The van der Waals surface area contributed by atoms with Gasteiger partial charge >= 0.3 is 5.97 Å². The molecule has 6 heteroatoms. The maximum absolute atomic E-state index is 12.4. The first kappa shape index (κ1) is 63.9. The van der Waals surface area contributed by atoms with E-state index in [1.807, 2.05) is 0 Å². The van der Waals surface area contributed by atoms with Gasteiger partial charge in [0, 0.05) is 12.8 Å². The molecule has 6 nitrogen and oxygen atoms in total. The van der Waals surface area contributed by atoms with E-state index in [1.165, 1.54) is 270 Å². The fourth-order valence-corrected chi connectivity index (χ4v) is 9.58. The maximum Gasteiger partial charge on any atom is 0.305 e. The van der Waals surface area contributed by atoms with E-state index in [1.54, 1.807) is 0 Å². The lowest BCUT2D eigenvalue weighted by atomic mass is 10.0. The molecule has 0 aliphatic heterocycles. The van der Waals surface area contributed by atoms with Gasteiger partial charge in [0.2, 0.25) is 5.91 Å². The van der Waals surface area contributed by atoms with E-state index < -0.39 is 12.1 Å². The van der Waals surface area contributed by atoms with E-state index in [4.69, 9.17) is 4.74 Å². The molecule has 0 spiro atoms. The third kappa shape index (κ3) is 52.1. The fourth-order valence-electron chi connectivity index (χ4n) is 9.58. The second kappa shape index (κ2) is 55.5. The molecule has 0 aromatic rings. The third-order valence-electron chi connectivity index (χ3n) is 14.2. The molecule has 0 bridgehead atoms. The van der Waals surface area contributed by atoms with E-state index in [0.717, 1.165) is 38.5 Å². The summed E-state index contributed by atoms with van der Waals surface area (Å²) in [6, 6.07) is -0.538. The van der Waals surface area contributed by atoms with Crippen LogP contribution in [0.5, 0.6) is 0 Å². The zero-order valence-electron chi connectivity index (χ0n) is 44.3. The van der Waals surface area contributed by atoms with E-state index in [2.05, 4.69) is 19.2 Å². The summed E-state index contributed by atoms with van der Waals surface area (Å²) in [5.74, 6) is -0.0195. The van der Waals surface area contributed by atoms with Gasteiger partial charge in [0.1, 0.15) is 0 Å². The quantitative estimate of drug-likeness (QED) is 0.0417. The zero-order chi connectivity index (χ0) is 47.2. The highest BCUT2D eigenvalue weighted by Gasteiger charge is 2.20. The lowest BCUT2D eigenvalue weighted by molar-refractivity contribution is -0.143. The van der Waals surface area contributed by atoms with Gasteiger partial charge in [-0.05, 0) is 25.7 Å². The van der Waals surface area contributed by atoms with Crippen molar-refractivity contribution in [3.8, 4) is 0 Å². The first-order valence-corrected chi connectivity index (χ1v) is 29.8.